The molecule has 25 heavy (non-hydrogen) atoms. The van der Waals surface area contributed by atoms with Gasteiger partial charge >= 0.3 is 6.03 Å². The Balaban J connectivity index is 1.91. The highest BCUT2D eigenvalue weighted by Crippen LogP contribution is 2.35. The van der Waals surface area contributed by atoms with Gasteiger partial charge in [0.1, 0.15) is 4.83 Å². The highest BCUT2D eigenvalue weighted by atomic mass is 32.2. The number of urea groups is 1. The summed E-state index contributed by atoms with van der Waals surface area (Å²) in [6, 6.07) is -0.547. The lowest BCUT2D eigenvalue weighted by Gasteiger charge is -2.11. The van der Waals surface area contributed by atoms with Gasteiger partial charge in [0.15, 0.2) is 5.16 Å². The number of aromatic nitrogens is 2. The summed E-state index contributed by atoms with van der Waals surface area (Å²) in [5, 5.41) is 5.83. The standard InChI is InChI=1S/C16H20N4O3S2/c1-3-7-20-14(22)12-9-5-4-6-10(9)25-13(12)19-16(20)24-8-11(21)18-15(23)17-2/h3-8H2,1-2H3,(H2,17,18,21,23). The quantitative estimate of drug-likeness (QED) is 0.610. The Hall–Kier alpha value is -1.87. The fraction of sp³-hybridized carbons (Fsp3) is 0.500. The van der Waals surface area contributed by atoms with Crippen LogP contribution in [0.5, 0.6) is 0 Å². The maximum Gasteiger partial charge on any atom is 0.321 e. The van der Waals surface area contributed by atoms with Crippen molar-refractivity contribution in [3.8, 4) is 0 Å². The third kappa shape index (κ3) is 3.57. The van der Waals surface area contributed by atoms with Gasteiger partial charge < -0.3 is 5.32 Å². The van der Waals surface area contributed by atoms with Crippen LogP contribution in [0.2, 0.25) is 0 Å². The number of rotatable bonds is 5. The second-order valence-corrected chi connectivity index (χ2v) is 7.83. The topological polar surface area (TPSA) is 93.1 Å². The summed E-state index contributed by atoms with van der Waals surface area (Å²) in [7, 11) is 1.44. The molecule has 0 unspecified atom stereocenters. The number of carbonyl (C=O) groups is 2. The molecule has 2 N–H and O–H groups in total. The van der Waals surface area contributed by atoms with Gasteiger partial charge in [0.05, 0.1) is 11.1 Å². The molecule has 0 saturated carbocycles. The average molecular weight is 380 g/mol. The van der Waals surface area contributed by atoms with E-state index in [1.807, 2.05) is 6.92 Å². The molecule has 0 spiro atoms. The van der Waals surface area contributed by atoms with E-state index in [0.717, 1.165) is 41.5 Å². The summed E-state index contributed by atoms with van der Waals surface area (Å²) >= 11 is 2.77. The van der Waals surface area contributed by atoms with E-state index in [9.17, 15) is 14.4 Å². The zero-order valence-electron chi connectivity index (χ0n) is 14.2. The summed E-state index contributed by atoms with van der Waals surface area (Å²) in [4.78, 5) is 42.7. The summed E-state index contributed by atoms with van der Waals surface area (Å²) in [6.07, 6.45) is 3.86. The van der Waals surface area contributed by atoms with Gasteiger partial charge in [0, 0.05) is 18.5 Å². The monoisotopic (exact) mass is 380 g/mol. The predicted octanol–water partition coefficient (Wildman–Crippen LogP) is 1.90. The van der Waals surface area contributed by atoms with Gasteiger partial charge in [-0.25, -0.2) is 9.78 Å². The number of fused-ring (bicyclic) bond motifs is 3. The van der Waals surface area contributed by atoms with Crippen molar-refractivity contribution in [3.05, 3.63) is 20.8 Å². The van der Waals surface area contributed by atoms with E-state index in [1.54, 1.807) is 15.9 Å². The van der Waals surface area contributed by atoms with Gasteiger partial charge in [0.2, 0.25) is 5.91 Å². The fourth-order valence-corrected chi connectivity index (χ4v) is 5.07. The molecule has 0 radical (unpaired) electrons. The molecule has 2 aromatic rings. The molecular weight excluding hydrogens is 360 g/mol. The van der Waals surface area contributed by atoms with E-state index in [1.165, 1.54) is 23.7 Å². The number of nitrogens with one attached hydrogen (secondary N) is 2. The molecule has 0 atom stereocenters. The number of thioether (sulfide) groups is 1. The van der Waals surface area contributed by atoms with Crippen LogP contribution >= 0.6 is 23.1 Å². The lowest BCUT2D eigenvalue weighted by atomic mass is 10.2. The first kappa shape index (κ1) is 17.9. The van der Waals surface area contributed by atoms with Crippen LogP contribution in [0, 0.1) is 0 Å². The Morgan fingerprint density at radius 1 is 1.36 bits per heavy atom. The number of hydrogen-bond donors (Lipinski definition) is 2. The van der Waals surface area contributed by atoms with Crippen molar-refractivity contribution in [2.24, 2.45) is 0 Å². The van der Waals surface area contributed by atoms with E-state index in [2.05, 4.69) is 15.6 Å². The van der Waals surface area contributed by atoms with Gasteiger partial charge in [-0.3, -0.25) is 19.5 Å². The maximum atomic E-state index is 13.0. The van der Waals surface area contributed by atoms with Crippen molar-refractivity contribution in [2.75, 3.05) is 12.8 Å². The Bertz CT molecular complexity index is 888. The highest BCUT2D eigenvalue weighted by molar-refractivity contribution is 7.99. The minimum atomic E-state index is -0.547. The molecule has 134 valence electrons. The fourth-order valence-electron chi connectivity index (χ4n) is 2.94. The smallest absolute Gasteiger partial charge is 0.321 e. The molecule has 1 aliphatic carbocycles. The van der Waals surface area contributed by atoms with Crippen LogP contribution < -0.4 is 16.2 Å². The van der Waals surface area contributed by atoms with Gasteiger partial charge in [-0.1, -0.05) is 18.7 Å². The van der Waals surface area contributed by atoms with Crippen LogP contribution in [0.4, 0.5) is 4.79 Å². The van der Waals surface area contributed by atoms with Crippen LogP contribution in [0.15, 0.2) is 9.95 Å². The van der Waals surface area contributed by atoms with E-state index >= 15 is 0 Å². The molecule has 0 aromatic carbocycles. The number of thiophene rings is 1. The Morgan fingerprint density at radius 2 is 2.16 bits per heavy atom. The Morgan fingerprint density at radius 3 is 2.88 bits per heavy atom. The Labute approximate surface area is 153 Å². The van der Waals surface area contributed by atoms with Crippen molar-refractivity contribution in [1.29, 1.82) is 0 Å². The van der Waals surface area contributed by atoms with Crippen LogP contribution in [0.1, 0.15) is 30.2 Å². The second-order valence-electron chi connectivity index (χ2n) is 5.80. The number of imide groups is 1. The number of aryl methyl sites for hydroxylation is 2. The van der Waals surface area contributed by atoms with Crippen LogP contribution in [-0.2, 0) is 24.2 Å². The summed E-state index contributed by atoms with van der Waals surface area (Å²) in [6.45, 7) is 2.56. The molecule has 0 aliphatic heterocycles. The number of carbonyl (C=O) groups excluding carboxylic acids is 2. The minimum absolute atomic E-state index is 0.0135. The SMILES string of the molecule is CCCn1c(SCC(=O)NC(=O)NC)nc2sc3c(c2c1=O)CCC3. The molecule has 0 saturated heterocycles. The first-order valence-electron chi connectivity index (χ1n) is 8.24. The third-order valence-corrected chi connectivity index (χ3v) is 6.21. The largest absolute Gasteiger partial charge is 0.341 e. The molecule has 2 aromatic heterocycles. The first-order chi connectivity index (χ1) is 12.0. The average Bonchev–Trinajstić information content (AvgIpc) is 3.16. The molecule has 9 heteroatoms. The van der Waals surface area contributed by atoms with Crippen molar-refractivity contribution >= 4 is 45.3 Å². The summed E-state index contributed by atoms with van der Waals surface area (Å²) in [5.41, 5.74) is 1.15. The van der Waals surface area contributed by atoms with E-state index in [4.69, 9.17) is 0 Å². The third-order valence-electron chi connectivity index (χ3n) is 4.05. The molecule has 3 amide bonds. The van der Waals surface area contributed by atoms with Gasteiger partial charge in [-0.2, -0.15) is 0 Å². The lowest BCUT2D eigenvalue weighted by molar-refractivity contribution is -0.117. The number of nitrogens with zero attached hydrogens (tertiary/aromatic N) is 2. The number of hydrogen-bond acceptors (Lipinski definition) is 6. The first-order valence-corrected chi connectivity index (χ1v) is 10.0. The molecular formula is C16H20N4O3S2. The number of amides is 3. The van der Waals surface area contributed by atoms with Gasteiger partial charge in [-0.15, -0.1) is 11.3 Å². The van der Waals surface area contributed by atoms with Crippen molar-refractivity contribution in [1.82, 2.24) is 20.2 Å². The minimum Gasteiger partial charge on any atom is -0.341 e. The molecule has 0 fully saturated rings. The summed E-state index contributed by atoms with van der Waals surface area (Å²) < 4.78 is 1.66. The molecule has 1 aliphatic rings. The van der Waals surface area contributed by atoms with Crippen LogP contribution in [0.3, 0.4) is 0 Å². The normalized spacial score (nSPS) is 13.0. The van der Waals surface area contributed by atoms with Gasteiger partial charge in [-0.05, 0) is 31.2 Å². The second kappa shape index (κ2) is 7.57. The zero-order valence-corrected chi connectivity index (χ0v) is 15.8. The molecule has 2 heterocycles. The van der Waals surface area contributed by atoms with Gasteiger partial charge in [0.25, 0.3) is 5.56 Å². The Kier molecular flexibility index (Phi) is 5.43. The van der Waals surface area contributed by atoms with E-state index in [-0.39, 0.29) is 11.3 Å². The summed E-state index contributed by atoms with van der Waals surface area (Å²) in [5.74, 6) is -0.393. The maximum absolute atomic E-state index is 13.0. The van der Waals surface area contributed by atoms with E-state index in [0.29, 0.717) is 11.7 Å². The molecule has 3 rings (SSSR count). The molecule has 0 bridgehead atoms. The van der Waals surface area contributed by atoms with E-state index < -0.39 is 11.9 Å². The highest BCUT2D eigenvalue weighted by Gasteiger charge is 2.23. The zero-order chi connectivity index (χ0) is 18.0. The predicted molar refractivity (Wildman–Crippen MR) is 99.5 cm³/mol. The van der Waals surface area contributed by atoms with Crippen molar-refractivity contribution in [2.45, 2.75) is 44.3 Å². The lowest BCUT2D eigenvalue weighted by Crippen LogP contribution is -2.38. The van der Waals surface area contributed by atoms with Crippen molar-refractivity contribution < 1.29 is 9.59 Å². The van der Waals surface area contributed by atoms with Crippen molar-refractivity contribution in [3.63, 3.8) is 0 Å². The van der Waals surface area contributed by atoms with Crippen LogP contribution in [0.25, 0.3) is 10.2 Å². The molecule has 7 nitrogen and oxygen atoms in total. The van der Waals surface area contributed by atoms with Crippen LogP contribution in [-0.4, -0.2) is 34.3 Å².